The first-order valence-electron chi connectivity index (χ1n) is 5.66. The molecule has 0 fully saturated rings. The number of aromatic amines is 1. The van der Waals surface area contributed by atoms with Crippen molar-refractivity contribution in [1.29, 1.82) is 0 Å². The Morgan fingerprint density at radius 3 is 2.68 bits per heavy atom. The van der Waals surface area contributed by atoms with Gasteiger partial charge in [0.2, 0.25) is 0 Å². The number of hydrogen-bond acceptors (Lipinski definition) is 1. The fourth-order valence-corrected chi connectivity index (χ4v) is 2.54. The molecular weight excluding hydrogens is 314 g/mol. The second-order valence-electron chi connectivity index (χ2n) is 4.33. The lowest BCUT2D eigenvalue weighted by Gasteiger charge is -2.02. The second-order valence-corrected chi connectivity index (χ2v) is 5.24. The van der Waals surface area contributed by atoms with Gasteiger partial charge in [-0.1, -0.05) is 15.9 Å². The number of aryl methyl sites for hydroxylation is 1. The van der Waals surface area contributed by atoms with Gasteiger partial charge in [0.05, 0.1) is 5.52 Å². The molecule has 0 aliphatic rings. The van der Waals surface area contributed by atoms with Crippen molar-refractivity contribution in [3.8, 4) is 11.4 Å². The number of benzene rings is 2. The Bertz CT molecular complexity index is 780. The summed E-state index contributed by atoms with van der Waals surface area (Å²) in [6, 6.07) is 7.78. The van der Waals surface area contributed by atoms with E-state index < -0.39 is 11.6 Å². The van der Waals surface area contributed by atoms with Gasteiger partial charge in [0.25, 0.3) is 0 Å². The molecule has 3 aromatic rings. The minimum absolute atomic E-state index is 0.152. The minimum atomic E-state index is -0.660. The van der Waals surface area contributed by atoms with E-state index in [1.165, 1.54) is 6.07 Å². The van der Waals surface area contributed by atoms with E-state index >= 15 is 0 Å². The molecule has 1 heterocycles. The molecule has 96 valence electrons. The van der Waals surface area contributed by atoms with E-state index in [1.807, 2.05) is 25.1 Å². The predicted octanol–water partition coefficient (Wildman–Crippen LogP) is 4.58. The molecule has 2 nitrogen and oxygen atoms in total. The normalized spacial score (nSPS) is 11.2. The molecule has 0 saturated carbocycles. The maximum atomic E-state index is 13.6. The van der Waals surface area contributed by atoms with Crippen LogP contribution in [0.25, 0.3) is 22.4 Å². The average molecular weight is 323 g/mol. The summed E-state index contributed by atoms with van der Waals surface area (Å²) in [5.41, 5.74) is 2.36. The molecule has 0 spiro atoms. The summed E-state index contributed by atoms with van der Waals surface area (Å²) in [7, 11) is 0. The molecule has 0 saturated heterocycles. The smallest absolute Gasteiger partial charge is 0.153 e. The van der Waals surface area contributed by atoms with Crippen molar-refractivity contribution in [3.05, 3.63) is 52.0 Å². The van der Waals surface area contributed by atoms with Gasteiger partial charge in [0, 0.05) is 16.1 Å². The number of fused-ring (bicyclic) bond motifs is 1. The van der Waals surface area contributed by atoms with E-state index in [-0.39, 0.29) is 5.52 Å². The molecule has 0 bridgehead atoms. The topological polar surface area (TPSA) is 28.7 Å². The number of imidazole rings is 1. The highest BCUT2D eigenvalue weighted by Gasteiger charge is 2.12. The predicted molar refractivity (Wildman–Crippen MR) is 73.9 cm³/mol. The van der Waals surface area contributed by atoms with Crippen LogP contribution in [-0.4, -0.2) is 9.97 Å². The fourth-order valence-electron chi connectivity index (χ4n) is 2.06. The Labute approximate surface area is 116 Å². The van der Waals surface area contributed by atoms with E-state index in [2.05, 4.69) is 25.9 Å². The van der Waals surface area contributed by atoms with Gasteiger partial charge in [0.1, 0.15) is 17.2 Å². The lowest BCUT2D eigenvalue weighted by atomic mass is 10.1. The van der Waals surface area contributed by atoms with Gasteiger partial charge in [0.15, 0.2) is 5.82 Å². The highest BCUT2D eigenvalue weighted by Crippen LogP contribution is 2.27. The molecule has 0 aliphatic carbocycles. The summed E-state index contributed by atoms with van der Waals surface area (Å²) < 4.78 is 27.7. The number of halogens is 3. The quantitative estimate of drug-likeness (QED) is 0.698. The van der Waals surface area contributed by atoms with Crippen molar-refractivity contribution < 1.29 is 8.78 Å². The number of nitrogens with zero attached hydrogens (tertiary/aromatic N) is 1. The molecule has 19 heavy (non-hydrogen) atoms. The maximum Gasteiger partial charge on any atom is 0.153 e. The van der Waals surface area contributed by atoms with Crippen molar-refractivity contribution in [2.75, 3.05) is 0 Å². The van der Waals surface area contributed by atoms with Gasteiger partial charge in [-0.2, -0.15) is 0 Å². The fraction of sp³-hybridized carbons (Fsp3) is 0.0714. The van der Waals surface area contributed by atoms with E-state index in [1.54, 1.807) is 0 Å². The van der Waals surface area contributed by atoms with Crippen molar-refractivity contribution in [1.82, 2.24) is 9.97 Å². The van der Waals surface area contributed by atoms with Crippen LogP contribution in [0.5, 0.6) is 0 Å². The molecule has 0 atom stereocenters. The first-order chi connectivity index (χ1) is 9.04. The van der Waals surface area contributed by atoms with Gasteiger partial charge in [-0.15, -0.1) is 0 Å². The summed E-state index contributed by atoms with van der Waals surface area (Å²) in [6.07, 6.45) is 0. The Morgan fingerprint density at radius 1 is 1.16 bits per heavy atom. The van der Waals surface area contributed by atoms with Crippen LogP contribution in [0.15, 0.2) is 34.8 Å². The molecule has 0 amide bonds. The van der Waals surface area contributed by atoms with Crippen molar-refractivity contribution in [2.45, 2.75) is 6.92 Å². The molecule has 0 radical (unpaired) electrons. The molecule has 3 rings (SSSR count). The van der Waals surface area contributed by atoms with Crippen LogP contribution in [0.2, 0.25) is 0 Å². The minimum Gasteiger partial charge on any atom is -0.338 e. The first-order valence-corrected chi connectivity index (χ1v) is 6.45. The van der Waals surface area contributed by atoms with Crippen LogP contribution in [0, 0.1) is 18.6 Å². The number of aromatic nitrogens is 2. The van der Waals surface area contributed by atoms with Crippen LogP contribution in [0.1, 0.15) is 5.56 Å². The van der Waals surface area contributed by atoms with Crippen LogP contribution in [-0.2, 0) is 0 Å². The van der Waals surface area contributed by atoms with Gasteiger partial charge in [-0.05, 0) is 36.8 Å². The Hall–Kier alpha value is -1.75. The first kappa shape index (κ1) is 12.3. The Morgan fingerprint density at radius 2 is 1.95 bits per heavy atom. The third-order valence-electron chi connectivity index (χ3n) is 2.95. The van der Waals surface area contributed by atoms with Gasteiger partial charge in [-0.3, -0.25) is 0 Å². The van der Waals surface area contributed by atoms with Crippen molar-refractivity contribution in [2.24, 2.45) is 0 Å². The van der Waals surface area contributed by atoms with Gasteiger partial charge in [-0.25, -0.2) is 13.8 Å². The molecule has 0 aliphatic heterocycles. The third-order valence-corrected chi connectivity index (χ3v) is 3.44. The van der Waals surface area contributed by atoms with Crippen LogP contribution < -0.4 is 0 Å². The highest BCUT2D eigenvalue weighted by molar-refractivity contribution is 9.10. The van der Waals surface area contributed by atoms with Crippen molar-refractivity contribution >= 4 is 27.0 Å². The number of nitrogens with one attached hydrogen (secondary N) is 1. The summed E-state index contributed by atoms with van der Waals surface area (Å²) >= 11 is 3.38. The molecular formula is C14H9BrF2N2. The monoisotopic (exact) mass is 322 g/mol. The van der Waals surface area contributed by atoms with Crippen LogP contribution >= 0.6 is 15.9 Å². The van der Waals surface area contributed by atoms with Crippen molar-refractivity contribution in [3.63, 3.8) is 0 Å². The molecule has 0 unspecified atom stereocenters. The average Bonchev–Trinajstić information content (AvgIpc) is 2.72. The van der Waals surface area contributed by atoms with E-state index in [9.17, 15) is 8.78 Å². The highest BCUT2D eigenvalue weighted by atomic mass is 79.9. The lowest BCUT2D eigenvalue weighted by molar-refractivity contribution is 0.591. The zero-order valence-electron chi connectivity index (χ0n) is 9.97. The Kier molecular flexibility index (Phi) is 2.86. The third kappa shape index (κ3) is 2.14. The van der Waals surface area contributed by atoms with Crippen LogP contribution in [0.4, 0.5) is 8.78 Å². The number of hydrogen-bond donors (Lipinski definition) is 1. The summed E-state index contributed by atoms with van der Waals surface area (Å²) in [4.78, 5) is 7.15. The van der Waals surface area contributed by atoms with E-state index in [0.717, 1.165) is 21.7 Å². The molecule has 1 aromatic heterocycles. The molecule has 1 N–H and O–H groups in total. The summed E-state index contributed by atoms with van der Waals surface area (Å²) in [5, 5.41) is 0. The summed E-state index contributed by atoms with van der Waals surface area (Å²) in [6.45, 7) is 1.93. The van der Waals surface area contributed by atoms with Gasteiger partial charge < -0.3 is 4.98 Å². The zero-order valence-corrected chi connectivity index (χ0v) is 11.6. The lowest BCUT2D eigenvalue weighted by Crippen LogP contribution is -1.85. The summed E-state index contributed by atoms with van der Waals surface area (Å²) in [5.74, 6) is -0.746. The van der Waals surface area contributed by atoms with Gasteiger partial charge >= 0.3 is 0 Å². The van der Waals surface area contributed by atoms with Crippen LogP contribution in [0.3, 0.4) is 0 Å². The number of H-pyrrole nitrogens is 1. The SMILES string of the molecule is Cc1cc(Br)ccc1-c1nc2c(F)cc(F)cc2[nH]1. The second kappa shape index (κ2) is 4.42. The molecule has 2 aromatic carbocycles. The number of rotatable bonds is 1. The Balaban J connectivity index is 2.23. The standard InChI is InChI=1S/C14H9BrF2N2/c1-7-4-8(15)2-3-10(7)14-18-12-6-9(16)5-11(17)13(12)19-14/h2-6H,1H3,(H,18,19). The molecule has 5 heteroatoms. The maximum absolute atomic E-state index is 13.6. The van der Waals surface area contributed by atoms with E-state index in [4.69, 9.17) is 0 Å². The van der Waals surface area contributed by atoms with E-state index in [0.29, 0.717) is 11.3 Å². The zero-order chi connectivity index (χ0) is 13.6. The largest absolute Gasteiger partial charge is 0.338 e.